The molecule has 0 bridgehead atoms. The summed E-state index contributed by atoms with van der Waals surface area (Å²) < 4.78 is 40.2. The van der Waals surface area contributed by atoms with Crippen LogP contribution in [0.25, 0.3) is 0 Å². The van der Waals surface area contributed by atoms with E-state index in [1.165, 1.54) is 36.0 Å². The SMILES string of the molecule is CCC(N)C(Sc1ccc(F)cc1F)c1cccc(F)c1. The summed E-state index contributed by atoms with van der Waals surface area (Å²) >= 11 is 1.19. The molecule has 0 aromatic heterocycles. The zero-order valence-electron chi connectivity index (χ0n) is 11.5. The minimum Gasteiger partial charge on any atom is -0.326 e. The number of hydrogen-bond acceptors (Lipinski definition) is 2. The van der Waals surface area contributed by atoms with Gasteiger partial charge >= 0.3 is 0 Å². The van der Waals surface area contributed by atoms with Crippen molar-refractivity contribution in [3.63, 3.8) is 0 Å². The molecule has 112 valence electrons. The molecule has 0 heterocycles. The van der Waals surface area contributed by atoms with Gasteiger partial charge in [-0.25, -0.2) is 13.2 Å². The van der Waals surface area contributed by atoms with E-state index in [0.29, 0.717) is 16.9 Å². The molecule has 21 heavy (non-hydrogen) atoms. The molecule has 2 atom stereocenters. The fourth-order valence-corrected chi connectivity index (χ4v) is 3.25. The van der Waals surface area contributed by atoms with Crippen LogP contribution in [0.15, 0.2) is 47.4 Å². The zero-order chi connectivity index (χ0) is 15.4. The average molecular weight is 311 g/mol. The maximum atomic E-state index is 13.8. The number of rotatable bonds is 5. The molecule has 0 aliphatic heterocycles. The van der Waals surface area contributed by atoms with Crippen molar-refractivity contribution in [1.29, 1.82) is 0 Å². The standard InChI is InChI=1S/C16H16F3NS/c1-2-14(20)16(10-4-3-5-11(17)8-10)21-15-7-6-12(18)9-13(15)19/h3-9,14,16H,2,20H2,1H3. The molecular weight excluding hydrogens is 295 g/mol. The molecule has 2 unspecified atom stereocenters. The number of hydrogen-bond donors (Lipinski definition) is 1. The fourth-order valence-electron chi connectivity index (χ4n) is 2.01. The van der Waals surface area contributed by atoms with Crippen LogP contribution >= 0.6 is 11.8 Å². The van der Waals surface area contributed by atoms with Crippen molar-refractivity contribution in [3.05, 3.63) is 65.5 Å². The lowest BCUT2D eigenvalue weighted by Gasteiger charge is -2.23. The van der Waals surface area contributed by atoms with Crippen LogP contribution in [0.1, 0.15) is 24.2 Å². The van der Waals surface area contributed by atoms with Crippen LogP contribution in [0.4, 0.5) is 13.2 Å². The highest BCUT2D eigenvalue weighted by Gasteiger charge is 2.22. The summed E-state index contributed by atoms with van der Waals surface area (Å²) in [5.41, 5.74) is 6.78. The van der Waals surface area contributed by atoms with Crippen LogP contribution in [-0.4, -0.2) is 6.04 Å². The molecule has 0 fully saturated rings. The molecule has 0 radical (unpaired) electrons. The van der Waals surface area contributed by atoms with Crippen molar-refractivity contribution in [1.82, 2.24) is 0 Å². The van der Waals surface area contributed by atoms with Gasteiger partial charge in [-0.15, -0.1) is 11.8 Å². The maximum Gasteiger partial charge on any atom is 0.139 e. The van der Waals surface area contributed by atoms with E-state index in [1.807, 2.05) is 6.92 Å². The minimum absolute atomic E-state index is 0.263. The Kier molecular flexibility index (Phi) is 5.31. The molecule has 0 saturated carbocycles. The Balaban J connectivity index is 2.33. The highest BCUT2D eigenvalue weighted by Crippen LogP contribution is 2.39. The Labute approximate surface area is 126 Å². The second-order valence-corrected chi connectivity index (χ2v) is 5.92. The monoisotopic (exact) mass is 311 g/mol. The van der Waals surface area contributed by atoms with E-state index < -0.39 is 11.6 Å². The highest BCUT2D eigenvalue weighted by atomic mass is 32.2. The van der Waals surface area contributed by atoms with Gasteiger partial charge in [0, 0.05) is 22.3 Å². The Bertz CT molecular complexity index is 618. The van der Waals surface area contributed by atoms with Crippen LogP contribution in [0.5, 0.6) is 0 Å². The molecular formula is C16H16F3NS. The van der Waals surface area contributed by atoms with Crippen molar-refractivity contribution < 1.29 is 13.2 Å². The van der Waals surface area contributed by atoms with E-state index >= 15 is 0 Å². The summed E-state index contributed by atoms with van der Waals surface area (Å²) in [5, 5.41) is -0.300. The molecule has 2 rings (SSSR count). The predicted octanol–water partition coefficient (Wildman–Crippen LogP) is 4.67. The number of thioether (sulfide) groups is 1. The topological polar surface area (TPSA) is 26.0 Å². The molecule has 1 nitrogen and oxygen atoms in total. The molecule has 0 saturated heterocycles. The molecule has 2 aromatic rings. The fraction of sp³-hybridized carbons (Fsp3) is 0.250. The van der Waals surface area contributed by atoms with Gasteiger partial charge in [-0.1, -0.05) is 19.1 Å². The lowest BCUT2D eigenvalue weighted by molar-refractivity contribution is 0.564. The normalized spacial score (nSPS) is 14.0. The minimum atomic E-state index is -0.635. The van der Waals surface area contributed by atoms with Crippen LogP contribution in [0, 0.1) is 17.5 Å². The highest BCUT2D eigenvalue weighted by molar-refractivity contribution is 7.99. The maximum absolute atomic E-state index is 13.8. The van der Waals surface area contributed by atoms with Crippen molar-refractivity contribution in [2.45, 2.75) is 29.5 Å². The molecule has 0 aliphatic rings. The van der Waals surface area contributed by atoms with E-state index in [9.17, 15) is 13.2 Å². The summed E-state index contributed by atoms with van der Waals surface area (Å²) in [7, 11) is 0. The summed E-state index contributed by atoms with van der Waals surface area (Å²) in [6.07, 6.45) is 0.664. The largest absolute Gasteiger partial charge is 0.326 e. The van der Waals surface area contributed by atoms with Crippen LogP contribution in [-0.2, 0) is 0 Å². The van der Waals surface area contributed by atoms with Crippen molar-refractivity contribution in [3.8, 4) is 0 Å². The Morgan fingerprint density at radius 1 is 1.05 bits per heavy atom. The first-order valence-corrected chi connectivity index (χ1v) is 7.52. The molecule has 2 N–H and O–H groups in total. The van der Waals surface area contributed by atoms with Gasteiger partial charge < -0.3 is 5.73 Å². The quantitative estimate of drug-likeness (QED) is 0.812. The molecule has 0 amide bonds. The Hall–Kier alpha value is -1.46. The van der Waals surface area contributed by atoms with Crippen molar-refractivity contribution in [2.24, 2.45) is 5.73 Å². The van der Waals surface area contributed by atoms with E-state index in [4.69, 9.17) is 5.73 Å². The lowest BCUT2D eigenvalue weighted by Crippen LogP contribution is -2.25. The third-order valence-corrected chi connectivity index (χ3v) is 4.65. The van der Waals surface area contributed by atoms with E-state index in [0.717, 1.165) is 6.07 Å². The third kappa shape index (κ3) is 4.02. The van der Waals surface area contributed by atoms with Gasteiger partial charge in [-0.3, -0.25) is 0 Å². The molecule has 5 heteroatoms. The average Bonchev–Trinajstić information content (AvgIpc) is 2.45. The van der Waals surface area contributed by atoms with E-state index in [2.05, 4.69) is 0 Å². The first-order valence-electron chi connectivity index (χ1n) is 6.64. The van der Waals surface area contributed by atoms with Gasteiger partial charge in [0.2, 0.25) is 0 Å². The Morgan fingerprint density at radius 2 is 1.76 bits per heavy atom. The summed E-state index contributed by atoms with van der Waals surface area (Å²) in [6, 6.07) is 9.26. The predicted molar refractivity (Wildman–Crippen MR) is 79.6 cm³/mol. The van der Waals surface area contributed by atoms with Gasteiger partial charge in [0.15, 0.2) is 0 Å². The molecule has 0 spiro atoms. The van der Waals surface area contributed by atoms with Gasteiger partial charge in [0.25, 0.3) is 0 Å². The van der Waals surface area contributed by atoms with Crippen LogP contribution in [0.3, 0.4) is 0 Å². The van der Waals surface area contributed by atoms with Gasteiger partial charge in [0.1, 0.15) is 17.5 Å². The molecule has 2 aromatic carbocycles. The zero-order valence-corrected chi connectivity index (χ0v) is 12.3. The second kappa shape index (κ2) is 7.00. The summed E-state index contributed by atoms with van der Waals surface area (Å²) in [5.74, 6) is -1.62. The van der Waals surface area contributed by atoms with Gasteiger partial charge in [0.05, 0.1) is 0 Å². The summed E-state index contributed by atoms with van der Waals surface area (Å²) in [4.78, 5) is 0.301. The number of halogens is 3. The van der Waals surface area contributed by atoms with Crippen molar-refractivity contribution in [2.75, 3.05) is 0 Å². The van der Waals surface area contributed by atoms with E-state index in [-0.39, 0.29) is 17.1 Å². The van der Waals surface area contributed by atoms with Gasteiger partial charge in [-0.05, 0) is 36.2 Å². The number of benzene rings is 2. The van der Waals surface area contributed by atoms with Gasteiger partial charge in [-0.2, -0.15) is 0 Å². The first kappa shape index (κ1) is 15.9. The number of nitrogens with two attached hydrogens (primary N) is 1. The third-order valence-electron chi connectivity index (χ3n) is 3.19. The van der Waals surface area contributed by atoms with Crippen LogP contribution in [0.2, 0.25) is 0 Å². The van der Waals surface area contributed by atoms with Crippen LogP contribution < -0.4 is 5.73 Å². The van der Waals surface area contributed by atoms with E-state index in [1.54, 1.807) is 12.1 Å². The molecule has 0 aliphatic carbocycles. The smallest absolute Gasteiger partial charge is 0.139 e. The first-order chi connectivity index (χ1) is 10.0. The Morgan fingerprint density at radius 3 is 2.38 bits per heavy atom. The lowest BCUT2D eigenvalue weighted by atomic mass is 10.0. The summed E-state index contributed by atoms with van der Waals surface area (Å²) in [6.45, 7) is 1.92. The van der Waals surface area contributed by atoms with Crippen molar-refractivity contribution >= 4 is 11.8 Å². The second-order valence-electron chi connectivity index (χ2n) is 4.74.